The molecular formula is C20H34N2O. The van der Waals surface area contributed by atoms with Crippen LogP contribution in [0.5, 0.6) is 0 Å². The SMILES string of the molecule is CCCCCCCCc1c(C)nn(C(=O)C2CCCCC2)c1C. The Morgan fingerprint density at radius 3 is 2.39 bits per heavy atom. The molecule has 1 aliphatic carbocycles. The van der Waals surface area contributed by atoms with E-state index < -0.39 is 0 Å². The molecule has 1 aromatic rings. The van der Waals surface area contributed by atoms with Gasteiger partial charge in [-0.1, -0.05) is 58.3 Å². The van der Waals surface area contributed by atoms with Gasteiger partial charge in [-0.15, -0.1) is 0 Å². The van der Waals surface area contributed by atoms with Crippen LogP contribution in [-0.2, 0) is 6.42 Å². The van der Waals surface area contributed by atoms with Gasteiger partial charge in [0, 0.05) is 11.6 Å². The summed E-state index contributed by atoms with van der Waals surface area (Å²) in [4.78, 5) is 12.7. The highest BCUT2D eigenvalue weighted by molar-refractivity contribution is 5.81. The second-order valence-electron chi connectivity index (χ2n) is 7.25. The van der Waals surface area contributed by atoms with Crippen LogP contribution < -0.4 is 0 Å². The summed E-state index contributed by atoms with van der Waals surface area (Å²) in [5.74, 6) is 0.433. The van der Waals surface area contributed by atoms with Gasteiger partial charge in [-0.2, -0.15) is 5.10 Å². The van der Waals surface area contributed by atoms with Crippen LogP contribution >= 0.6 is 0 Å². The summed E-state index contributed by atoms with van der Waals surface area (Å²) in [5, 5.41) is 4.58. The molecular weight excluding hydrogens is 284 g/mol. The molecule has 0 bridgehead atoms. The van der Waals surface area contributed by atoms with E-state index in [1.807, 2.05) is 0 Å². The van der Waals surface area contributed by atoms with E-state index in [0.717, 1.165) is 30.7 Å². The number of aryl methyl sites for hydroxylation is 1. The highest BCUT2D eigenvalue weighted by atomic mass is 16.2. The van der Waals surface area contributed by atoms with E-state index >= 15 is 0 Å². The van der Waals surface area contributed by atoms with Crippen LogP contribution in [0.2, 0.25) is 0 Å². The van der Waals surface area contributed by atoms with Crippen molar-refractivity contribution in [2.75, 3.05) is 0 Å². The molecule has 0 aromatic carbocycles. The molecule has 23 heavy (non-hydrogen) atoms. The Morgan fingerprint density at radius 1 is 1.04 bits per heavy atom. The highest BCUT2D eigenvalue weighted by Gasteiger charge is 2.25. The van der Waals surface area contributed by atoms with Crippen molar-refractivity contribution in [3.63, 3.8) is 0 Å². The number of carbonyl (C=O) groups is 1. The Kier molecular flexibility index (Phi) is 7.32. The molecule has 130 valence electrons. The van der Waals surface area contributed by atoms with Crippen molar-refractivity contribution in [2.24, 2.45) is 5.92 Å². The van der Waals surface area contributed by atoms with Gasteiger partial charge in [-0.05, 0) is 45.1 Å². The molecule has 0 amide bonds. The lowest BCUT2D eigenvalue weighted by atomic mass is 9.88. The first kappa shape index (κ1) is 18.2. The zero-order chi connectivity index (χ0) is 16.7. The Labute approximate surface area is 141 Å². The Bertz CT molecular complexity index is 498. The minimum absolute atomic E-state index is 0.198. The first-order chi connectivity index (χ1) is 11.1. The maximum Gasteiger partial charge on any atom is 0.250 e. The summed E-state index contributed by atoms with van der Waals surface area (Å²) in [7, 11) is 0. The van der Waals surface area contributed by atoms with Crippen LogP contribution in [0, 0.1) is 19.8 Å². The van der Waals surface area contributed by atoms with Crippen molar-refractivity contribution in [3.8, 4) is 0 Å². The zero-order valence-corrected chi connectivity index (χ0v) is 15.4. The molecule has 3 nitrogen and oxygen atoms in total. The molecule has 1 aliphatic rings. The monoisotopic (exact) mass is 318 g/mol. The van der Waals surface area contributed by atoms with Crippen LogP contribution in [0.3, 0.4) is 0 Å². The molecule has 0 aliphatic heterocycles. The number of carbonyl (C=O) groups excluding carboxylic acids is 1. The van der Waals surface area contributed by atoms with Gasteiger partial charge in [0.15, 0.2) is 0 Å². The molecule has 0 N–H and O–H groups in total. The largest absolute Gasteiger partial charge is 0.272 e. The minimum atomic E-state index is 0.198. The van der Waals surface area contributed by atoms with Crippen LogP contribution in [-0.4, -0.2) is 15.7 Å². The molecule has 2 rings (SSSR count). The van der Waals surface area contributed by atoms with Gasteiger partial charge in [0.2, 0.25) is 5.91 Å². The fraction of sp³-hybridized carbons (Fsp3) is 0.800. The highest BCUT2D eigenvalue weighted by Crippen LogP contribution is 2.26. The van der Waals surface area contributed by atoms with Crippen LogP contribution in [0.1, 0.15) is 99.3 Å². The lowest BCUT2D eigenvalue weighted by molar-refractivity contribution is 0.0781. The van der Waals surface area contributed by atoms with Crippen molar-refractivity contribution in [1.82, 2.24) is 9.78 Å². The third-order valence-electron chi connectivity index (χ3n) is 5.38. The van der Waals surface area contributed by atoms with Crippen molar-refractivity contribution in [2.45, 2.75) is 97.8 Å². The summed E-state index contributed by atoms with van der Waals surface area (Å²) >= 11 is 0. The number of hydrogen-bond acceptors (Lipinski definition) is 2. The molecule has 0 atom stereocenters. The molecule has 1 heterocycles. The van der Waals surface area contributed by atoms with Crippen molar-refractivity contribution >= 4 is 5.91 Å². The van der Waals surface area contributed by atoms with E-state index in [-0.39, 0.29) is 11.8 Å². The smallest absolute Gasteiger partial charge is 0.250 e. The third-order valence-corrected chi connectivity index (χ3v) is 5.38. The van der Waals surface area contributed by atoms with Crippen LogP contribution in [0.25, 0.3) is 0 Å². The third kappa shape index (κ3) is 4.92. The van der Waals surface area contributed by atoms with Crippen LogP contribution in [0.15, 0.2) is 0 Å². The topological polar surface area (TPSA) is 34.9 Å². The first-order valence-electron chi connectivity index (χ1n) is 9.74. The Morgan fingerprint density at radius 2 is 1.70 bits per heavy atom. The Balaban J connectivity index is 1.91. The van der Waals surface area contributed by atoms with Gasteiger partial charge < -0.3 is 0 Å². The summed E-state index contributed by atoms with van der Waals surface area (Å²) in [6, 6.07) is 0. The predicted octanol–water partition coefficient (Wildman–Crippen LogP) is 5.62. The molecule has 1 aromatic heterocycles. The fourth-order valence-corrected chi connectivity index (χ4v) is 3.86. The number of nitrogens with zero attached hydrogens (tertiary/aromatic N) is 2. The Hall–Kier alpha value is -1.12. The summed E-state index contributed by atoms with van der Waals surface area (Å²) in [6.45, 7) is 6.39. The van der Waals surface area contributed by atoms with E-state index in [4.69, 9.17) is 0 Å². The summed E-state index contributed by atoms with van der Waals surface area (Å²) < 4.78 is 1.72. The van der Waals surface area contributed by atoms with E-state index in [0.29, 0.717) is 0 Å². The van der Waals surface area contributed by atoms with Crippen molar-refractivity contribution in [3.05, 3.63) is 17.0 Å². The number of rotatable bonds is 8. The number of unbranched alkanes of at least 4 members (excludes halogenated alkanes) is 5. The normalized spacial score (nSPS) is 16.0. The van der Waals surface area contributed by atoms with E-state index in [1.54, 1.807) is 4.68 Å². The minimum Gasteiger partial charge on any atom is -0.272 e. The van der Waals surface area contributed by atoms with Gasteiger partial charge in [0.25, 0.3) is 0 Å². The van der Waals surface area contributed by atoms with Gasteiger partial charge in [-0.3, -0.25) is 4.79 Å². The second kappa shape index (κ2) is 9.24. The average Bonchev–Trinajstić information content (AvgIpc) is 2.86. The fourth-order valence-electron chi connectivity index (χ4n) is 3.86. The first-order valence-corrected chi connectivity index (χ1v) is 9.74. The standard InChI is InChI=1S/C20H34N2O/c1-4-5-6-7-8-12-15-19-16(2)21-22(17(19)3)20(23)18-13-10-9-11-14-18/h18H,4-15H2,1-3H3. The molecule has 0 saturated heterocycles. The number of aromatic nitrogens is 2. The number of hydrogen-bond donors (Lipinski definition) is 0. The molecule has 0 radical (unpaired) electrons. The van der Waals surface area contributed by atoms with Gasteiger partial charge in [-0.25, -0.2) is 4.68 Å². The maximum atomic E-state index is 12.7. The summed E-state index contributed by atoms with van der Waals surface area (Å²) in [6.07, 6.45) is 14.7. The van der Waals surface area contributed by atoms with Gasteiger partial charge >= 0.3 is 0 Å². The molecule has 0 unspecified atom stereocenters. The second-order valence-corrected chi connectivity index (χ2v) is 7.25. The maximum absolute atomic E-state index is 12.7. The zero-order valence-electron chi connectivity index (χ0n) is 15.4. The van der Waals surface area contributed by atoms with Crippen LogP contribution in [0.4, 0.5) is 0 Å². The molecule has 3 heteroatoms. The van der Waals surface area contributed by atoms with E-state index in [2.05, 4.69) is 25.9 Å². The predicted molar refractivity (Wildman–Crippen MR) is 96.0 cm³/mol. The van der Waals surface area contributed by atoms with Crippen molar-refractivity contribution in [1.29, 1.82) is 0 Å². The van der Waals surface area contributed by atoms with E-state index in [9.17, 15) is 4.79 Å². The lowest BCUT2D eigenvalue weighted by Crippen LogP contribution is -2.25. The summed E-state index contributed by atoms with van der Waals surface area (Å²) in [5.41, 5.74) is 3.46. The van der Waals surface area contributed by atoms with Crippen molar-refractivity contribution < 1.29 is 4.79 Å². The van der Waals surface area contributed by atoms with E-state index in [1.165, 1.54) is 63.4 Å². The molecule has 1 fully saturated rings. The average molecular weight is 319 g/mol. The van der Waals surface area contributed by atoms with Gasteiger partial charge in [0.1, 0.15) is 0 Å². The molecule has 0 spiro atoms. The lowest BCUT2D eigenvalue weighted by Gasteiger charge is -2.20. The quantitative estimate of drug-likeness (QED) is 0.583. The molecule has 1 saturated carbocycles. The van der Waals surface area contributed by atoms with Gasteiger partial charge in [0.05, 0.1) is 5.69 Å².